The molecule has 40 heavy (non-hydrogen) atoms. The number of anilines is 1. The maximum Gasteiger partial charge on any atom is 0.387 e. The summed E-state index contributed by atoms with van der Waals surface area (Å²) in [6.45, 7) is -1.68. The number of carboxylic acid groups (broad SMARTS) is 1. The zero-order valence-electron chi connectivity index (χ0n) is 21.4. The van der Waals surface area contributed by atoms with Gasteiger partial charge in [-0.2, -0.15) is 8.78 Å². The van der Waals surface area contributed by atoms with Crippen LogP contribution in [0, 0.1) is 17.8 Å². The van der Waals surface area contributed by atoms with Crippen molar-refractivity contribution in [3.8, 4) is 16.9 Å². The predicted octanol–water partition coefficient (Wildman–Crippen LogP) is 4.51. The van der Waals surface area contributed by atoms with E-state index in [0.29, 0.717) is 42.4 Å². The Labute approximate surface area is 228 Å². The molecule has 7 rings (SSSR count). The number of alkyl halides is 2. The number of imidazole rings is 1. The lowest BCUT2D eigenvalue weighted by atomic mass is 9.85. The Balaban J connectivity index is 1.20. The van der Waals surface area contributed by atoms with Gasteiger partial charge in [0.05, 0.1) is 23.4 Å². The number of aromatic nitrogens is 4. The van der Waals surface area contributed by atoms with E-state index in [2.05, 4.69) is 19.9 Å². The van der Waals surface area contributed by atoms with Crippen molar-refractivity contribution in [1.29, 1.82) is 0 Å². The Morgan fingerprint density at radius 3 is 2.45 bits per heavy atom. The zero-order chi connectivity index (χ0) is 27.5. The highest BCUT2D eigenvalue weighted by atomic mass is 19.3. The Kier molecular flexibility index (Phi) is 5.92. The lowest BCUT2D eigenvalue weighted by Gasteiger charge is -2.35. The van der Waals surface area contributed by atoms with Crippen LogP contribution in [0.5, 0.6) is 5.75 Å². The number of carboxylic acids is 1. The molecule has 2 aliphatic carbocycles. The van der Waals surface area contributed by atoms with E-state index in [-0.39, 0.29) is 29.4 Å². The number of carbonyl (C=O) groups is 1. The minimum atomic E-state index is -2.96. The molecule has 4 aromatic rings. The summed E-state index contributed by atoms with van der Waals surface area (Å²) in [4.78, 5) is 27.6. The number of fused-ring (bicyclic) bond motifs is 5. The number of pyridine rings is 1. The summed E-state index contributed by atoms with van der Waals surface area (Å²) in [5.41, 5.74) is 4.10. The Hall–Kier alpha value is -4.12. The van der Waals surface area contributed by atoms with Gasteiger partial charge in [0, 0.05) is 54.3 Å². The number of para-hydroxylation sites is 1. The molecule has 4 heterocycles. The summed E-state index contributed by atoms with van der Waals surface area (Å²) in [5.74, 6) is -0.464. The number of hydrogen-bond acceptors (Lipinski definition) is 7. The molecule has 9 nitrogen and oxygen atoms in total. The second-order valence-electron chi connectivity index (χ2n) is 10.9. The number of ether oxygens (including phenoxy) is 1. The van der Waals surface area contributed by atoms with Gasteiger partial charge in [-0.25, -0.2) is 15.0 Å². The van der Waals surface area contributed by atoms with E-state index in [0.717, 1.165) is 29.7 Å². The quantitative estimate of drug-likeness (QED) is 0.363. The molecule has 0 radical (unpaired) electrons. The van der Waals surface area contributed by atoms with Gasteiger partial charge in [0.2, 0.25) is 5.95 Å². The molecule has 1 aliphatic heterocycles. The van der Waals surface area contributed by atoms with Gasteiger partial charge in [0.15, 0.2) is 0 Å². The van der Waals surface area contributed by atoms with E-state index in [1.54, 1.807) is 30.6 Å². The van der Waals surface area contributed by atoms with Gasteiger partial charge < -0.3 is 24.3 Å². The third kappa shape index (κ3) is 4.07. The van der Waals surface area contributed by atoms with E-state index < -0.39 is 18.7 Å². The van der Waals surface area contributed by atoms with Crippen LogP contribution in [0.1, 0.15) is 48.2 Å². The largest absolute Gasteiger partial charge is 0.481 e. The van der Waals surface area contributed by atoms with Crippen molar-refractivity contribution in [3.63, 3.8) is 0 Å². The molecule has 3 aromatic heterocycles. The average Bonchev–Trinajstić information content (AvgIpc) is 3.57. The number of hydrogen-bond donors (Lipinski definition) is 2. The number of aliphatic carboxylic acids is 1. The van der Waals surface area contributed by atoms with Crippen molar-refractivity contribution in [2.45, 2.75) is 37.9 Å². The fourth-order valence-electron chi connectivity index (χ4n) is 6.96. The number of aliphatic hydroxyl groups is 1. The first kappa shape index (κ1) is 24.9. The zero-order valence-corrected chi connectivity index (χ0v) is 21.4. The molecular weight excluding hydrogens is 520 g/mol. The first-order valence-electron chi connectivity index (χ1n) is 13.4. The maximum atomic E-state index is 13.1. The van der Waals surface area contributed by atoms with Crippen LogP contribution in [0.3, 0.4) is 0 Å². The molecule has 1 saturated carbocycles. The predicted molar refractivity (Wildman–Crippen MR) is 140 cm³/mol. The first-order chi connectivity index (χ1) is 19.4. The summed E-state index contributed by atoms with van der Waals surface area (Å²) >= 11 is 0. The van der Waals surface area contributed by atoms with Crippen LogP contribution in [-0.2, 0) is 4.79 Å². The van der Waals surface area contributed by atoms with Crippen LogP contribution >= 0.6 is 0 Å². The van der Waals surface area contributed by atoms with E-state index in [1.165, 1.54) is 6.07 Å². The Morgan fingerprint density at radius 2 is 1.75 bits per heavy atom. The summed E-state index contributed by atoms with van der Waals surface area (Å²) in [6.07, 6.45) is 6.73. The van der Waals surface area contributed by atoms with E-state index >= 15 is 0 Å². The Morgan fingerprint density at radius 1 is 1.02 bits per heavy atom. The molecule has 0 spiro atoms. The van der Waals surface area contributed by atoms with Gasteiger partial charge in [-0.3, -0.25) is 4.79 Å². The molecule has 1 saturated heterocycles. The van der Waals surface area contributed by atoms with E-state index in [9.17, 15) is 23.8 Å². The molecule has 1 unspecified atom stereocenters. The lowest BCUT2D eigenvalue weighted by Crippen LogP contribution is -2.45. The third-order valence-electron chi connectivity index (χ3n) is 8.67. The smallest absolute Gasteiger partial charge is 0.387 e. The minimum absolute atomic E-state index is 0.0819. The van der Waals surface area contributed by atoms with Crippen LogP contribution in [-0.4, -0.2) is 55.2 Å². The SMILES string of the molecule is O=C(O)C1[C@@H]2CC[C@H]1CN(c1ncc(-c3ccc4nc5c(n4c3)[C@@H](c3ccccc3OC(F)F)C[C@H]5O)cn1)C2. The summed E-state index contributed by atoms with van der Waals surface area (Å²) in [6, 6.07) is 10.4. The molecule has 0 amide bonds. The second-order valence-corrected chi connectivity index (χ2v) is 10.9. The number of nitrogens with zero attached hydrogens (tertiary/aromatic N) is 5. The number of halogens is 2. The van der Waals surface area contributed by atoms with Crippen molar-refractivity contribution in [2.75, 3.05) is 18.0 Å². The molecule has 2 bridgehead atoms. The van der Waals surface area contributed by atoms with Crippen LogP contribution < -0.4 is 9.64 Å². The lowest BCUT2D eigenvalue weighted by molar-refractivity contribution is -0.144. The highest BCUT2D eigenvalue weighted by Gasteiger charge is 2.46. The third-order valence-corrected chi connectivity index (χ3v) is 8.67. The van der Waals surface area contributed by atoms with Crippen LogP contribution in [0.25, 0.3) is 16.8 Å². The molecule has 2 N–H and O–H groups in total. The molecule has 3 aliphatic rings. The van der Waals surface area contributed by atoms with E-state index in [4.69, 9.17) is 4.74 Å². The van der Waals surface area contributed by atoms with Crippen molar-refractivity contribution >= 4 is 17.6 Å². The maximum absolute atomic E-state index is 13.1. The topological polar surface area (TPSA) is 113 Å². The summed E-state index contributed by atoms with van der Waals surface area (Å²) in [7, 11) is 0. The highest BCUT2D eigenvalue weighted by molar-refractivity contribution is 5.72. The standard InChI is InChI=1S/C29H27F2N5O4/c30-28(31)40-22-4-2-1-3-19(22)20-9-21(37)25-26(20)36-14-15(7-8-23(36)34-25)18-10-32-29(33-11-18)35-12-16-5-6-17(13-35)24(16)27(38)39/h1-4,7-8,10-11,14,16-17,20-21,24,28,37H,5-6,9,12-13H2,(H,38,39)/t16-,17+,20-,21-,24?/m1/s1. The molecular formula is C29H27F2N5O4. The van der Waals surface area contributed by atoms with Gasteiger partial charge in [-0.15, -0.1) is 0 Å². The van der Waals surface area contributed by atoms with Crippen LogP contribution in [0.4, 0.5) is 14.7 Å². The van der Waals surface area contributed by atoms with Crippen molar-refractivity contribution in [2.24, 2.45) is 17.8 Å². The monoisotopic (exact) mass is 547 g/mol. The molecule has 11 heteroatoms. The second kappa shape index (κ2) is 9.51. The molecule has 2 fully saturated rings. The van der Waals surface area contributed by atoms with Crippen LogP contribution in [0.15, 0.2) is 55.0 Å². The molecule has 1 aromatic carbocycles. The Bertz CT molecular complexity index is 1580. The van der Waals surface area contributed by atoms with Gasteiger partial charge in [0.25, 0.3) is 0 Å². The minimum Gasteiger partial charge on any atom is -0.481 e. The van der Waals surface area contributed by atoms with E-state index in [1.807, 2.05) is 22.7 Å². The average molecular weight is 548 g/mol. The fraction of sp³-hybridized carbons (Fsp3) is 0.379. The van der Waals surface area contributed by atoms with Crippen molar-refractivity contribution < 1.29 is 28.5 Å². The normalized spacial score (nSPS) is 25.5. The number of piperidine rings is 1. The van der Waals surface area contributed by atoms with Crippen molar-refractivity contribution in [1.82, 2.24) is 19.4 Å². The van der Waals surface area contributed by atoms with Gasteiger partial charge in [-0.05, 0) is 49.3 Å². The van der Waals surface area contributed by atoms with Gasteiger partial charge >= 0.3 is 12.6 Å². The number of benzene rings is 1. The van der Waals surface area contributed by atoms with Gasteiger partial charge in [-0.1, -0.05) is 18.2 Å². The highest BCUT2D eigenvalue weighted by Crippen LogP contribution is 2.47. The van der Waals surface area contributed by atoms with Crippen LogP contribution in [0.2, 0.25) is 0 Å². The number of aliphatic hydroxyl groups excluding tert-OH is 1. The first-order valence-corrected chi connectivity index (χ1v) is 13.4. The summed E-state index contributed by atoms with van der Waals surface area (Å²) in [5, 5.41) is 20.4. The van der Waals surface area contributed by atoms with Crippen molar-refractivity contribution in [3.05, 3.63) is 71.9 Å². The number of rotatable bonds is 6. The summed E-state index contributed by atoms with van der Waals surface area (Å²) < 4.78 is 32.9. The fourth-order valence-corrected chi connectivity index (χ4v) is 6.96. The molecule has 5 atom stereocenters. The van der Waals surface area contributed by atoms with Gasteiger partial charge in [0.1, 0.15) is 11.4 Å². The molecule has 206 valence electrons.